The molecule has 2 amide bonds. The van der Waals surface area contributed by atoms with Gasteiger partial charge in [-0.1, -0.05) is 34.8 Å². The van der Waals surface area contributed by atoms with Crippen molar-refractivity contribution in [1.29, 1.82) is 0 Å². The second-order valence-electron chi connectivity index (χ2n) is 4.77. The van der Waals surface area contributed by atoms with Crippen molar-refractivity contribution in [3.05, 3.63) is 62.6 Å². The molecule has 0 aliphatic carbocycles. The van der Waals surface area contributed by atoms with Gasteiger partial charge in [0.25, 0.3) is 11.8 Å². The molecule has 0 aliphatic heterocycles. The van der Waals surface area contributed by atoms with Crippen LogP contribution < -0.4 is 15.9 Å². The molecule has 0 unspecified atom stereocenters. The summed E-state index contributed by atoms with van der Waals surface area (Å²) in [6.07, 6.45) is 1.40. The number of nitrogens with two attached hydrogens (primary N) is 1. The number of rotatable bonds is 6. The van der Waals surface area contributed by atoms with E-state index < -0.39 is 11.8 Å². The van der Waals surface area contributed by atoms with Gasteiger partial charge in [-0.05, 0) is 42.0 Å². The Morgan fingerprint density at radius 1 is 1.08 bits per heavy atom. The Labute approximate surface area is 158 Å². The first kappa shape index (κ1) is 19.1. The topological polar surface area (TPSA) is 93.8 Å². The van der Waals surface area contributed by atoms with Gasteiger partial charge in [0.15, 0.2) is 6.61 Å². The predicted molar refractivity (Wildman–Crippen MR) is 97.7 cm³/mol. The molecule has 0 saturated heterocycles. The highest BCUT2D eigenvalue weighted by molar-refractivity contribution is 6.42. The highest BCUT2D eigenvalue weighted by Gasteiger charge is 2.07. The van der Waals surface area contributed by atoms with Gasteiger partial charge in [-0.15, -0.1) is 0 Å². The molecule has 0 spiro atoms. The summed E-state index contributed by atoms with van der Waals surface area (Å²) in [5.41, 5.74) is 8.29. The molecular weight excluding hydrogens is 389 g/mol. The molecule has 25 heavy (non-hydrogen) atoms. The minimum atomic E-state index is -0.605. The number of benzene rings is 2. The van der Waals surface area contributed by atoms with Gasteiger partial charge >= 0.3 is 0 Å². The van der Waals surface area contributed by atoms with Gasteiger partial charge in [-0.2, -0.15) is 5.10 Å². The summed E-state index contributed by atoms with van der Waals surface area (Å²) in [4.78, 5) is 22.6. The molecule has 0 fully saturated rings. The van der Waals surface area contributed by atoms with Crippen LogP contribution in [-0.4, -0.2) is 24.6 Å². The standard InChI is InChI=1S/C16H12Cl3N3O3/c17-11-3-2-10(6-12(11)18)16(24)22-21-7-9-1-4-14(13(19)5-9)25-8-15(20)23/h1-7H,8H2,(H2,20,23)(H,22,24). The number of hydrogen-bond donors (Lipinski definition) is 2. The van der Waals surface area contributed by atoms with Crippen LogP contribution in [-0.2, 0) is 4.79 Å². The maximum atomic E-state index is 12.0. The first-order valence-electron chi connectivity index (χ1n) is 6.86. The SMILES string of the molecule is NC(=O)COc1ccc(C=NNC(=O)c2ccc(Cl)c(Cl)c2)cc1Cl. The zero-order valence-corrected chi connectivity index (χ0v) is 14.9. The molecule has 2 rings (SSSR count). The van der Waals surface area contributed by atoms with Crippen molar-refractivity contribution in [2.45, 2.75) is 0 Å². The zero-order valence-electron chi connectivity index (χ0n) is 12.6. The molecule has 0 aromatic heterocycles. The van der Waals surface area contributed by atoms with Crippen LogP contribution in [0.4, 0.5) is 0 Å². The van der Waals surface area contributed by atoms with Crippen molar-refractivity contribution >= 4 is 52.8 Å². The minimum absolute atomic E-state index is 0.271. The number of nitrogens with zero attached hydrogens (tertiary/aromatic N) is 1. The van der Waals surface area contributed by atoms with Crippen LogP contribution in [0, 0.1) is 0 Å². The number of halogens is 3. The number of hydrazone groups is 1. The molecule has 2 aromatic rings. The molecule has 9 heteroatoms. The van der Waals surface area contributed by atoms with Crippen LogP contribution in [0.25, 0.3) is 0 Å². The summed E-state index contributed by atoms with van der Waals surface area (Å²) in [6, 6.07) is 9.27. The Kier molecular flexibility index (Phi) is 6.64. The maximum absolute atomic E-state index is 12.0. The molecular formula is C16H12Cl3N3O3. The molecule has 2 aromatic carbocycles. The van der Waals surface area contributed by atoms with Crippen LogP contribution in [0.15, 0.2) is 41.5 Å². The van der Waals surface area contributed by atoms with Gasteiger partial charge in [0.2, 0.25) is 0 Å². The largest absolute Gasteiger partial charge is 0.482 e. The molecule has 0 radical (unpaired) electrons. The summed E-state index contributed by atoms with van der Waals surface area (Å²) >= 11 is 17.7. The van der Waals surface area contributed by atoms with Crippen molar-refractivity contribution in [1.82, 2.24) is 5.43 Å². The van der Waals surface area contributed by atoms with E-state index >= 15 is 0 Å². The Hall–Kier alpha value is -2.28. The lowest BCUT2D eigenvalue weighted by Gasteiger charge is -2.06. The zero-order chi connectivity index (χ0) is 18.4. The highest BCUT2D eigenvalue weighted by Crippen LogP contribution is 2.25. The Morgan fingerprint density at radius 2 is 1.84 bits per heavy atom. The van der Waals surface area contributed by atoms with Crippen LogP contribution in [0.5, 0.6) is 5.75 Å². The summed E-state index contributed by atoms with van der Waals surface area (Å²) in [7, 11) is 0. The van der Waals surface area contributed by atoms with E-state index in [1.54, 1.807) is 18.2 Å². The maximum Gasteiger partial charge on any atom is 0.271 e. The first-order valence-corrected chi connectivity index (χ1v) is 7.99. The van der Waals surface area contributed by atoms with Crippen molar-refractivity contribution in [2.75, 3.05) is 6.61 Å². The highest BCUT2D eigenvalue weighted by atomic mass is 35.5. The number of carbonyl (C=O) groups is 2. The van der Waals surface area contributed by atoms with E-state index in [-0.39, 0.29) is 16.7 Å². The number of ether oxygens (including phenoxy) is 1. The monoisotopic (exact) mass is 399 g/mol. The van der Waals surface area contributed by atoms with Crippen LogP contribution in [0.3, 0.4) is 0 Å². The molecule has 0 atom stereocenters. The Bertz CT molecular complexity index is 841. The fraction of sp³-hybridized carbons (Fsp3) is 0.0625. The lowest BCUT2D eigenvalue weighted by atomic mass is 10.2. The number of amides is 2. The second-order valence-corrected chi connectivity index (χ2v) is 5.99. The van der Waals surface area contributed by atoms with Crippen LogP contribution >= 0.6 is 34.8 Å². The van der Waals surface area contributed by atoms with Gasteiger partial charge in [0, 0.05) is 5.56 Å². The third-order valence-corrected chi connectivity index (χ3v) is 3.92. The number of primary amides is 1. The quantitative estimate of drug-likeness (QED) is 0.575. The van der Waals surface area contributed by atoms with E-state index in [0.29, 0.717) is 21.9 Å². The summed E-state index contributed by atoms with van der Waals surface area (Å²) in [5.74, 6) is -0.730. The fourth-order valence-electron chi connectivity index (χ4n) is 1.73. The second kappa shape index (κ2) is 8.71. The van der Waals surface area contributed by atoms with Gasteiger partial charge in [0.1, 0.15) is 5.75 Å². The van der Waals surface area contributed by atoms with Gasteiger partial charge in [0.05, 0.1) is 21.3 Å². The summed E-state index contributed by atoms with van der Waals surface area (Å²) < 4.78 is 5.13. The lowest BCUT2D eigenvalue weighted by molar-refractivity contribution is -0.119. The van der Waals surface area contributed by atoms with Crippen molar-refractivity contribution in [3.63, 3.8) is 0 Å². The van der Waals surface area contributed by atoms with E-state index in [9.17, 15) is 9.59 Å². The van der Waals surface area contributed by atoms with Gasteiger partial charge in [-0.25, -0.2) is 5.43 Å². The molecule has 0 bridgehead atoms. The van der Waals surface area contributed by atoms with Crippen molar-refractivity contribution in [3.8, 4) is 5.75 Å². The van der Waals surface area contributed by atoms with Crippen LogP contribution in [0.1, 0.15) is 15.9 Å². The van der Waals surface area contributed by atoms with E-state index in [1.807, 2.05) is 0 Å². The average molecular weight is 401 g/mol. The smallest absolute Gasteiger partial charge is 0.271 e. The Morgan fingerprint density at radius 3 is 2.48 bits per heavy atom. The Balaban J connectivity index is 1.99. The lowest BCUT2D eigenvalue weighted by Crippen LogP contribution is -2.20. The molecule has 6 nitrogen and oxygen atoms in total. The summed E-state index contributed by atoms with van der Waals surface area (Å²) in [5, 5.41) is 4.75. The van der Waals surface area contributed by atoms with Gasteiger partial charge < -0.3 is 10.5 Å². The summed E-state index contributed by atoms with van der Waals surface area (Å²) in [6.45, 7) is -0.271. The molecule has 3 N–H and O–H groups in total. The molecule has 0 saturated carbocycles. The number of hydrogen-bond acceptors (Lipinski definition) is 4. The molecule has 0 heterocycles. The van der Waals surface area contributed by atoms with Crippen molar-refractivity contribution in [2.24, 2.45) is 10.8 Å². The predicted octanol–water partition coefficient (Wildman–Crippen LogP) is 3.27. The molecule has 0 aliphatic rings. The minimum Gasteiger partial charge on any atom is -0.482 e. The van der Waals surface area contributed by atoms with E-state index in [2.05, 4.69) is 10.5 Å². The van der Waals surface area contributed by atoms with Crippen molar-refractivity contribution < 1.29 is 14.3 Å². The number of nitrogens with one attached hydrogen (secondary N) is 1. The third-order valence-electron chi connectivity index (χ3n) is 2.89. The first-order chi connectivity index (χ1) is 11.9. The average Bonchev–Trinajstić information content (AvgIpc) is 2.56. The third kappa shape index (κ3) is 5.63. The normalized spacial score (nSPS) is 10.7. The fourth-order valence-corrected chi connectivity index (χ4v) is 2.27. The van der Waals surface area contributed by atoms with E-state index in [1.165, 1.54) is 24.4 Å². The van der Waals surface area contributed by atoms with Crippen LogP contribution in [0.2, 0.25) is 15.1 Å². The van der Waals surface area contributed by atoms with E-state index in [4.69, 9.17) is 45.3 Å². The molecule has 130 valence electrons. The number of carbonyl (C=O) groups excluding carboxylic acids is 2. The van der Waals surface area contributed by atoms with Gasteiger partial charge in [-0.3, -0.25) is 9.59 Å². The van der Waals surface area contributed by atoms with E-state index in [0.717, 1.165) is 0 Å².